The summed E-state index contributed by atoms with van der Waals surface area (Å²) in [6.07, 6.45) is 11.7. The minimum Gasteiger partial charge on any atom is -0.508 e. The summed E-state index contributed by atoms with van der Waals surface area (Å²) in [6, 6.07) is 9.90. The lowest BCUT2D eigenvalue weighted by molar-refractivity contribution is 0.196. The van der Waals surface area contributed by atoms with Crippen LogP contribution in [0, 0.1) is 23.7 Å². The number of aliphatic hydroxyl groups excluding tert-OH is 3. The van der Waals surface area contributed by atoms with Crippen LogP contribution in [0.4, 0.5) is 0 Å². The summed E-state index contributed by atoms with van der Waals surface area (Å²) in [7, 11) is 1.43. The number of hydrogen-bond donors (Lipinski definition) is 3. The zero-order chi connectivity index (χ0) is 21.4. The predicted octanol–water partition coefficient (Wildman–Crippen LogP) is 5.57. The summed E-state index contributed by atoms with van der Waals surface area (Å²) in [5.74, 6) is -0.415. The third-order valence-electron chi connectivity index (χ3n) is 4.88. The Bertz CT molecular complexity index is 812. The maximum absolute atomic E-state index is 10.8. The van der Waals surface area contributed by atoms with Gasteiger partial charge in [0.2, 0.25) is 0 Å². The molecule has 29 heavy (non-hydrogen) atoms. The van der Waals surface area contributed by atoms with Gasteiger partial charge in [-0.1, -0.05) is 87.6 Å². The monoisotopic (exact) mass is 396 g/mol. The van der Waals surface area contributed by atoms with Crippen LogP contribution in [-0.2, 0) is 4.74 Å². The van der Waals surface area contributed by atoms with Gasteiger partial charge in [0.15, 0.2) is 11.5 Å². The van der Waals surface area contributed by atoms with Crippen molar-refractivity contribution in [1.29, 1.82) is 0 Å². The van der Waals surface area contributed by atoms with Crippen molar-refractivity contribution in [2.45, 2.75) is 20.8 Å². The van der Waals surface area contributed by atoms with Crippen molar-refractivity contribution in [3.05, 3.63) is 89.1 Å². The lowest BCUT2D eigenvalue weighted by Gasteiger charge is -2.30. The number of hydrogen-bond acceptors (Lipinski definition) is 4. The van der Waals surface area contributed by atoms with Gasteiger partial charge in [0.1, 0.15) is 5.76 Å². The zero-order valence-electron chi connectivity index (χ0n) is 17.6. The van der Waals surface area contributed by atoms with Crippen molar-refractivity contribution in [3.8, 4) is 0 Å². The Morgan fingerprint density at radius 1 is 0.966 bits per heavy atom. The normalized spacial score (nSPS) is 21.9. The number of allylic oxidation sites excluding steroid dienone is 5. The molecule has 4 heteroatoms. The van der Waals surface area contributed by atoms with E-state index >= 15 is 0 Å². The Balaban J connectivity index is 2.56. The van der Waals surface area contributed by atoms with E-state index in [1.165, 1.54) is 7.11 Å². The maximum Gasteiger partial charge on any atom is 0.199 e. The topological polar surface area (TPSA) is 69.9 Å². The molecule has 1 aromatic carbocycles. The SMILES string of the molecule is COC1=C(O)C(/C=C/C(C)CO)C(/C=C/c2ccccc2)C(/C=C/C(C)C)=C1O. The Labute approximate surface area is 173 Å². The first kappa shape index (κ1) is 22.6. The molecule has 0 spiro atoms. The van der Waals surface area contributed by atoms with Crippen molar-refractivity contribution in [2.75, 3.05) is 13.7 Å². The number of methoxy groups -OCH3 is 1. The molecular formula is C25H32O4. The fourth-order valence-corrected chi connectivity index (χ4v) is 3.20. The molecule has 156 valence electrons. The van der Waals surface area contributed by atoms with Gasteiger partial charge in [0, 0.05) is 24.0 Å². The average molecular weight is 397 g/mol. The summed E-state index contributed by atoms with van der Waals surface area (Å²) in [4.78, 5) is 0. The molecule has 0 fully saturated rings. The van der Waals surface area contributed by atoms with Crippen LogP contribution in [-0.4, -0.2) is 29.0 Å². The highest BCUT2D eigenvalue weighted by Gasteiger charge is 2.35. The minimum absolute atomic E-state index is 0.0178. The van der Waals surface area contributed by atoms with Crippen molar-refractivity contribution < 1.29 is 20.1 Å². The molecule has 0 heterocycles. The van der Waals surface area contributed by atoms with Crippen molar-refractivity contribution in [2.24, 2.45) is 23.7 Å². The van der Waals surface area contributed by atoms with Crippen molar-refractivity contribution in [3.63, 3.8) is 0 Å². The molecule has 0 aliphatic heterocycles. The second kappa shape index (κ2) is 10.7. The Morgan fingerprint density at radius 3 is 2.24 bits per heavy atom. The predicted molar refractivity (Wildman–Crippen MR) is 118 cm³/mol. The highest BCUT2D eigenvalue weighted by atomic mass is 16.5. The molecule has 1 aliphatic rings. The second-order valence-electron chi connectivity index (χ2n) is 7.69. The molecule has 4 nitrogen and oxygen atoms in total. The van der Waals surface area contributed by atoms with E-state index in [0.717, 1.165) is 5.56 Å². The zero-order valence-corrected chi connectivity index (χ0v) is 17.6. The number of benzene rings is 1. The van der Waals surface area contributed by atoms with E-state index in [9.17, 15) is 15.3 Å². The molecule has 1 aromatic rings. The molecule has 0 aromatic heterocycles. The Kier molecular flexibility index (Phi) is 8.34. The van der Waals surface area contributed by atoms with Gasteiger partial charge in [-0.25, -0.2) is 0 Å². The fraction of sp³-hybridized carbons (Fsp3) is 0.360. The van der Waals surface area contributed by atoms with Crippen molar-refractivity contribution in [1.82, 2.24) is 0 Å². The highest BCUT2D eigenvalue weighted by molar-refractivity contribution is 5.53. The molecule has 0 amide bonds. The summed E-state index contributed by atoms with van der Waals surface area (Å²) >= 11 is 0. The minimum atomic E-state index is -0.415. The van der Waals surface area contributed by atoms with E-state index in [4.69, 9.17) is 4.74 Å². The molecule has 3 N–H and O–H groups in total. The van der Waals surface area contributed by atoms with E-state index in [1.807, 2.05) is 73.7 Å². The van der Waals surface area contributed by atoms with Crippen LogP contribution in [0.15, 0.2) is 83.6 Å². The summed E-state index contributed by atoms with van der Waals surface area (Å²) in [6.45, 7) is 6.06. The fourth-order valence-electron chi connectivity index (χ4n) is 3.20. The van der Waals surface area contributed by atoms with Gasteiger partial charge >= 0.3 is 0 Å². The summed E-state index contributed by atoms with van der Waals surface area (Å²) < 4.78 is 5.31. The Hall–Kier alpha value is -2.72. The number of ether oxygens (including phenoxy) is 1. The van der Waals surface area contributed by atoms with Crippen LogP contribution >= 0.6 is 0 Å². The van der Waals surface area contributed by atoms with Crippen LogP contribution in [0.3, 0.4) is 0 Å². The van der Waals surface area contributed by atoms with E-state index in [0.29, 0.717) is 11.5 Å². The second-order valence-corrected chi connectivity index (χ2v) is 7.69. The lowest BCUT2D eigenvalue weighted by Crippen LogP contribution is -2.24. The van der Waals surface area contributed by atoms with Gasteiger partial charge in [0.05, 0.1) is 7.11 Å². The van der Waals surface area contributed by atoms with Gasteiger partial charge in [-0.2, -0.15) is 0 Å². The van der Waals surface area contributed by atoms with Crippen LogP contribution in [0.1, 0.15) is 26.3 Å². The highest BCUT2D eigenvalue weighted by Crippen LogP contribution is 2.40. The number of aliphatic hydroxyl groups is 3. The van der Waals surface area contributed by atoms with Crippen LogP contribution in [0.2, 0.25) is 0 Å². The quantitative estimate of drug-likeness (QED) is 0.502. The first-order chi connectivity index (χ1) is 13.9. The van der Waals surface area contributed by atoms with E-state index in [-0.39, 0.29) is 35.7 Å². The van der Waals surface area contributed by atoms with Gasteiger partial charge in [-0.15, -0.1) is 0 Å². The third-order valence-corrected chi connectivity index (χ3v) is 4.88. The molecule has 1 aliphatic carbocycles. The van der Waals surface area contributed by atoms with E-state index < -0.39 is 5.92 Å². The lowest BCUT2D eigenvalue weighted by atomic mass is 9.78. The first-order valence-electron chi connectivity index (χ1n) is 10.00. The molecule has 2 rings (SSSR count). The van der Waals surface area contributed by atoms with E-state index in [2.05, 4.69) is 13.8 Å². The largest absolute Gasteiger partial charge is 0.508 e. The van der Waals surface area contributed by atoms with Crippen molar-refractivity contribution >= 4 is 6.08 Å². The van der Waals surface area contributed by atoms with Crippen LogP contribution < -0.4 is 0 Å². The van der Waals surface area contributed by atoms with Gasteiger partial charge in [0.25, 0.3) is 0 Å². The van der Waals surface area contributed by atoms with Crippen LogP contribution in [0.25, 0.3) is 6.08 Å². The van der Waals surface area contributed by atoms with Crippen LogP contribution in [0.5, 0.6) is 0 Å². The molecule has 0 saturated carbocycles. The first-order valence-corrected chi connectivity index (χ1v) is 10.00. The van der Waals surface area contributed by atoms with Gasteiger partial charge in [-0.3, -0.25) is 0 Å². The summed E-state index contributed by atoms with van der Waals surface area (Å²) in [5.41, 5.74) is 1.72. The Morgan fingerprint density at radius 2 is 1.66 bits per heavy atom. The molecule has 0 saturated heterocycles. The van der Waals surface area contributed by atoms with Gasteiger partial charge in [-0.05, 0) is 17.4 Å². The standard InChI is InChI=1S/C25H32O4/c1-17(2)10-13-21-20(15-12-19-8-6-5-7-9-19)22(14-11-18(3)16-26)24(28)25(29-4)23(21)27/h5-15,17-18,20,22,26-28H,16H2,1-4H3/b13-10+,14-11+,15-12+. The average Bonchev–Trinajstić information content (AvgIpc) is 2.71. The third kappa shape index (κ3) is 5.88. The molecule has 3 atom stereocenters. The molecular weight excluding hydrogens is 364 g/mol. The smallest absolute Gasteiger partial charge is 0.199 e. The van der Waals surface area contributed by atoms with Gasteiger partial charge < -0.3 is 20.1 Å². The maximum atomic E-state index is 10.8. The molecule has 0 radical (unpaired) electrons. The molecule has 0 bridgehead atoms. The molecule has 3 unspecified atom stereocenters. The van der Waals surface area contributed by atoms with E-state index in [1.54, 1.807) is 0 Å². The number of rotatable bonds is 8. The summed E-state index contributed by atoms with van der Waals surface area (Å²) in [5, 5.41) is 31.0.